The standard InChI is InChI=1S/C16H27NO2/c1-12(2)17-16(5,11-18)8-9-19-15-10-13(3)6-7-14(15)4/h6-7,10,12,17-18H,8-9,11H2,1-5H3. The summed E-state index contributed by atoms with van der Waals surface area (Å²) in [5, 5.41) is 12.9. The van der Waals surface area contributed by atoms with Crippen molar-refractivity contribution in [1.82, 2.24) is 5.32 Å². The van der Waals surface area contributed by atoms with E-state index in [1.54, 1.807) is 0 Å². The number of aryl methyl sites for hydroxylation is 2. The van der Waals surface area contributed by atoms with Crippen LogP contribution in [0.2, 0.25) is 0 Å². The summed E-state index contributed by atoms with van der Waals surface area (Å²) in [4.78, 5) is 0. The predicted molar refractivity (Wildman–Crippen MR) is 79.8 cm³/mol. The van der Waals surface area contributed by atoms with Gasteiger partial charge < -0.3 is 15.2 Å². The molecule has 19 heavy (non-hydrogen) atoms. The van der Waals surface area contributed by atoms with Crippen LogP contribution in [-0.4, -0.2) is 29.9 Å². The van der Waals surface area contributed by atoms with E-state index in [9.17, 15) is 5.11 Å². The van der Waals surface area contributed by atoms with Crippen molar-refractivity contribution in [2.24, 2.45) is 0 Å². The quantitative estimate of drug-likeness (QED) is 0.796. The van der Waals surface area contributed by atoms with Crippen LogP contribution in [0.4, 0.5) is 0 Å². The molecule has 0 heterocycles. The van der Waals surface area contributed by atoms with Crippen LogP contribution in [-0.2, 0) is 0 Å². The molecule has 0 spiro atoms. The van der Waals surface area contributed by atoms with Gasteiger partial charge in [-0.05, 0) is 38.0 Å². The SMILES string of the molecule is Cc1ccc(C)c(OCCC(C)(CO)NC(C)C)c1. The number of aliphatic hydroxyl groups excluding tert-OH is 1. The molecule has 0 saturated heterocycles. The third-order valence-electron chi connectivity index (χ3n) is 3.24. The van der Waals surface area contributed by atoms with E-state index in [1.165, 1.54) is 5.56 Å². The molecule has 2 N–H and O–H groups in total. The second-order valence-electron chi connectivity index (χ2n) is 5.89. The van der Waals surface area contributed by atoms with Gasteiger partial charge in [-0.15, -0.1) is 0 Å². The van der Waals surface area contributed by atoms with Gasteiger partial charge in [0, 0.05) is 18.0 Å². The molecule has 1 atom stereocenters. The summed E-state index contributed by atoms with van der Waals surface area (Å²) in [5.74, 6) is 0.935. The lowest BCUT2D eigenvalue weighted by Gasteiger charge is -2.31. The summed E-state index contributed by atoms with van der Waals surface area (Å²) < 4.78 is 5.85. The maximum atomic E-state index is 9.51. The van der Waals surface area contributed by atoms with E-state index >= 15 is 0 Å². The lowest BCUT2D eigenvalue weighted by molar-refractivity contribution is 0.136. The maximum Gasteiger partial charge on any atom is 0.122 e. The van der Waals surface area contributed by atoms with Gasteiger partial charge in [-0.1, -0.05) is 26.0 Å². The fourth-order valence-electron chi connectivity index (χ4n) is 2.14. The van der Waals surface area contributed by atoms with Crippen molar-refractivity contribution in [3.05, 3.63) is 29.3 Å². The van der Waals surface area contributed by atoms with Crippen LogP contribution in [0.25, 0.3) is 0 Å². The molecular formula is C16H27NO2. The van der Waals surface area contributed by atoms with Crippen molar-refractivity contribution in [3.8, 4) is 5.75 Å². The van der Waals surface area contributed by atoms with Gasteiger partial charge in [0.05, 0.1) is 13.2 Å². The highest BCUT2D eigenvalue weighted by molar-refractivity contribution is 5.35. The maximum absolute atomic E-state index is 9.51. The Morgan fingerprint density at radius 3 is 2.58 bits per heavy atom. The van der Waals surface area contributed by atoms with E-state index in [0.717, 1.165) is 17.7 Å². The van der Waals surface area contributed by atoms with E-state index in [4.69, 9.17) is 4.74 Å². The highest BCUT2D eigenvalue weighted by Gasteiger charge is 2.23. The summed E-state index contributed by atoms with van der Waals surface area (Å²) in [5.41, 5.74) is 2.06. The molecule has 0 bridgehead atoms. The molecule has 1 aromatic rings. The van der Waals surface area contributed by atoms with Crippen LogP contribution in [0.15, 0.2) is 18.2 Å². The van der Waals surface area contributed by atoms with Crippen molar-refractivity contribution in [1.29, 1.82) is 0 Å². The van der Waals surface area contributed by atoms with Gasteiger partial charge in [-0.2, -0.15) is 0 Å². The van der Waals surface area contributed by atoms with Crippen molar-refractivity contribution >= 4 is 0 Å². The van der Waals surface area contributed by atoms with Crippen molar-refractivity contribution < 1.29 is 9.84 Å². The molecule has 0 fully saturated rings. The first-order valence-electron chi connectivity index (χ1n) is 6.95. The fraction of sp³-hybridized carbons (Fsp3) is 0.625. The van der Waals surface area contributed by atoms with Gasteiger partial charge in [-0.25, -0.2) is 0 Å². The Hall–Kier alpha value is -1.06. The number of nitrogens with one attached hydrogen (secondary N) is 1. The summed E-state index contributed by atoms with van der Waals surface area (Å²) in [6.45, 7) is 11.0. The van der Waals surface area contributed by atoms with Crippen LogP contribution >= 0.6 is 0 Å². The molecule has 3 heteroatoms. The topological polar surface area (TPSA) is 41.5 Å². The molecule has 0 amide bonds. The molecule has 3 nitrogen and oxygen atoms in total. The Morgan fingerprint density at radius 1 is 1.32 bits per heavy atom. The van der Waals surface area contributed by atoms with Gasteiger partial charge in [0.1, 0.15) is 5.75 Å². The number of rotatable bonds is 7. The van der Waals surface area contributed by atoms with Gasteiger partial charge >= 0.3 is 0 Å². The van der Waals surface area contributed by atoms with E-state index < -0.39 is 0 Å². The predicted octanol–water partition coefficient (Wildman–Crippen LogP) is 2.82. The van der Waals surface area contributed by atoms with Crippen LogP contribution in [0.1, 0.15) is 38.3 Å². The largest absolute Gasteiger partial charge is 0.493 e. The Balaban J connectivity index is 2.55. The van der Waals surface area contributed by atoms with Crippen LogP contribution < -0.4 is 10.1 Å². The molecule has 0 aliphatic heterocycles. The van der Waals surface area contributed by atoms with Crippen LogP contribution in [0.5, 0.6) is 5.75 Å². The first-order valence-corrected chi connectivity index (χ1v) is 6.95. The van der Waals surface area contributed by atoms with Crippen LogP contribution in [0, 0.1) is 13.8 Å². The lowest BCUT2D eigenvalue weighted by atomic mass is 9.98. The third-order valence-corrected chi connectivity index (χ3v) is 3.24. The van der Waals surface area contributed by atoms with E-state index in [1.807, 2.05) is 13.8 Å². The Labute approximate surface area is 117 Å². The minimum Gasteiger partial charge on any atom is -0.493 e. The third kappa shape index (κ3) is 5.21. The Bertz CT molecular complexity index is 404. The number of benzene rings is 1. The minimum absolute atomic E-state index is 0.112. The van der Waals surface area contributed by atoms with Crippen molar-refractivity contribution in [3.63, 3.8) is 0 Å². The average Bonchev–Trinajstić information content (AvgIpc) is 2.32. The monoisotopic (exact) mass is 265 g/mol. The Kier molecular flexibility index (Phi) is 5.83. The number of hydrogen-bond donors (Lipinski definition) is 2. The molecule has 0 radical (unpaired) electrons. The molecule has 1 rings (SSSR count). The summed E-state index contributed by atoms with van der Waals surface area (Å²) in [6, 6.07) is 6.56. The smallest absolute Gasteiger partial charge is 0.122 e. The normalized spacial score (nSPS) is 14.5. The van der Waals surface area contributed by atoms with Crippen LogP contribution in [0.3, 0.4) is 0 Å². The zero-order valence-electron chi connectivity index (χ0n) is 12.8. The number of hydrogen-bond acceptors (Lipinski definition) is 3. The highest BCUT2D eigenvalue weighted by Crippen LogP contribution is 2.20. The number of aliphatic hydroxyl groups is 1. The molecule has 0 aromatic heterocycles. The van der Waals surface area contributed by atoms with Gasteiger partial charge in [0.2, 0.25) is 0 Å². The summed E-state index contributed by atoms with van der Waals surface area (Å²) in [7, 11) is 0. The fourth-order valence-corrected chi connectivity index (χ4v) is 2.14. The molecular weight excluding hydrogens is 238 g/mol. The highest BCUT2D eigenvalue weighted by atomic mass is 16.5. The van der Waals surface area contributed by atoms with Gasteiger partial charge in [0.15, 0.2) is 0 Å². The van der Waals surface area contributed by atoms with Gasteiger partial charge in [-0.3, -0.25) is 0 Å². The van der Waals surface area contributed by atoms with Crippen molar-refractivity contribution in [2.75, 3.05) is 13.2 Å². The molecule has 0 aliphatic carbocycles. The first-order chi connectivity index (χ1) is 8.86. The molecule has 0 aliphatic rings. The van der Waals surface area contributed by atoms with Gasteiger partial charge in [0.25, 0.3) is 0 Å². The molecule has 1 unspecified atom stereocenters. The lowest BCUT2D eigenvalue weighted by Crippen LogP contribution is -2.50. The minimum atomic E-state index is -0.286. The second-order valence-corrected chi connectivity index (χ2v) is 5.89. The first kappa shape index (κ1) is 16.0. The van der Waals surface area contributed by atoms with E-state index in [0.29, 0.717) is 12.6 Å². The molecule has 108 valence electrons. The zero-order valence-corrected chi connectivity index (χ0v) is 12.8. The molecule has 1 aromatic carbocycles. The second kappa shape index (κ2) is 6.92. The number of ether oxygens (including phenoxy) is 1. The zero-order chi connectivity index (χ0) is 14.5. The average molecular weight is 265 g/mol. The Morgan fingerprint density at radius 2 is 2.00 bits per heavy atom. The summed E-state index contributed by atoms with van der Waals surface area (Å²) in [6.07, 6.45) is 0.773. The van der Waals surface area contributed by atoms with E-state index in [2.05, 4.69) is 44.3 Å². The van der Waals surface area contributed by atoms with Crippen molar-refractivity contribution in [2.45, 2.75) is 52.6 Å². The summed E-state index contributed by atoms with van der Waals surface area (Å²) >= 11 is 0. The van der Waals surface area contributed by atoms with E-state index in [-0.39, 0.29) is 12.1 Å². The molecule has 0 saturated carbocycles.